The van der Waals surface area contributed by atoms with Crippen molar-refractivity contribution in [2.45, 2.75) is 135 Å². The van der Waals surface area contributed by atoms with Gasteiger partial charge < -0.3 is 39.8 Å². The van der Waals surface area contributed by atoms with Crippen LogP contribution in [0, 0.1) is 17.8 Å². The zero-order valence-electron chi connectivity index (χ0n) is 34.7. The van der Waals surface area contributed by atoms with Crippen molar-refractivity contribution in [1.29, 1.82) is 0 Å². The summed E-state index contributed by atoms with van der Waals surface area (Å²) in [5.41, 5.74) is 0.261. The van der Waals surface area contributed by atoms with Crippen LogP contribution in [0.25, 0.3) is 0 Å². The van der Waals surface area contributed by atoms with Gasteiger partial charge in [0.2, 0.25) is 23.6 Å². The van der Waals surface area contributed by atoms with Crippen LogP contribution in [0.15, 0.2) is 30.3 Å². The van der Waals surface area contributed by atoms with Gasteiger partial charge in [0.25, 0.3) is 0 Å². The number of aliphatic hydroxyl groups excluding tert-OH is 1. The smallest absolute Gasteiger partial charge is 0.245 e. The lowest BCUT2D eigenvalue weighted by Gasteiger charge is -2.41. The number of amides is 4. The lowest BCUT2D eigenvalue weighted by atomic mass is 9.89. The molecule has 2 heterocycles. The van der Waals surface area contributed by atoms with Crippen LogP contribution < -0.4 is 10.6 Å². The maximum atomic E-state index is 14.3. The van der Waals surface area contributed by atoms with Crippen molar-refractivity contribution in [3.63, 3.8) is 0 Å². The maximum Gasteiger partial charge on any atom is 0.245 e. The van der Waals surface area contributed by atoms with Gasteiger partial charge in [-0.1, -0.05) is 71.4 Å². The Bertz CT molecular complexity index is 1370. The first-order valence-corrected chi connectivity index (χ1v) is 19.7. The molecule has 0 spiro atoms. The fourth-order valence-corrected chi connectivity index (χ4v) is 8.29. The molecule has 4 amide bonds. The van der Waals surface area contributed by atoms with Gasteiger partial charge in [0.1, 0.15) is 6.04 Å². The third-order valence-electron chi connectivity index (χ3n) is 12.2. The van der Waals surface area contributed by atoms with E-state index in [0.29, 0.717) is 19.4 Å². The van der Waals surface area contributed by atoms with Gasteiger partial charge in [0.05, 0.1) is 48.2 Å². The molecule has 2 fully saturated rings. The van der Waals surface area contributed by atoms with Crippen LogP contribution in [0.1, 0.15) is 85.6 Å². The monoisotopic (exact) mass is 760 g/mol. The standard InChI is InChI=1S/C41H69N5O8/c1-12-27(4)35(45(8)38(49)34(26(2)3)43-40(51)41(6)21-17-22-44(41)7)32(52-9)25-33(47)46-23-16-20-31(46)36(53-10)28(5)37(48)42-30(39(50)54-11)24-29-18-14-13-15-19-29/h13-15,18-19,26-28,30-32,34-36,39,50H,12,16-17,20-25H2,1-11H3,(H,42,48)(H,43,51). The van der Waals surface area contributed by atoms with E-state index in [4.69, 9.17) is 14.2 Å². The average molecular weight is 760 g/mol. The molecule has 2 saturated heterocycles. The predicted molar refractivity (Wildman–Crippen MR) is 208 cm³/mol. The van der Waals surface area contributed by atoms with Gasteiger partial charge in [-0.3, -0.25) is 24.1 Å². The molecular weight excluding hydrogens is 690 g/mol. The van der Waals surface area contributed by atoms with Crippen molar-refractivity contribution in [3.8, 4) is 0 Å². The van der Waals surface area contributed by atoms with E-state index < -0.39 is 48.1 Å². The number of hydrogen-bond acceptors (Lipinski definition) is 9. The summed E-state index contributed by atoms with van der Waals surface area (Å²) in [6, 6.07) is 7.30. The third kappa shape index (κ3) is 10.8. The minimum Gasteiger partial charge on any atom is -0.379 e. The molecule has 1 aromatic carbocycles. The van der Waals surface area contributed by atoms with Gasteiger partial charge in [0, 0.05) is 34.9 Å². The number of likely N-dealkylation sites (tertiary alicyclic amines) is 2. The van der Waals surface area contributed by atoms with E-state index in [1.165, 1.54) is 7.11 Å². The molecule has 2 aliphatic rings. The Labute approximate surface area is 323 Å². The highest BCUT2D eigenvalue weighted by molar-refractivity contribution is 5.92. The van der Waals surface area contributed by atoms with Gasteiger partial charge in [-0.15, -0.1) is 0 Å². The van der Waals surface area contributed by atoms with Crippen LogP contribution in [-0.4, -0.2) is 140 Å². The molecule has 306 valence electrons. The Morgan fingerprint density at radius 3 is 2.19 bits per heavy atom. The number of rotatable bonds is 20. The number of likely N-dealkylation sites (N-methyl/N-ethyl adjacent to an activating group) is 2. The first kappa shape index (κ1) is 45.3. The molecule has 10 unspecified atom stereocenters. The zero-order valence-corrected chi connectivity index (χ0v) is 34.7. The summed E-state index contributed by atoms with van der Waals surface area (Å²) >= 11 is 0. The Morgan fingerprint density at radius 1 is 0.981 bits per heavy atom. The van der Waals surface area contributed by atoms with Crippen LogP contribution >= 0.6 is 0 Å². The van der Waals surface area contributed by atoms with Crippen molar-refractivity contribution in [1.82, 2.24) is 25.3 Å². The minimum absolute atomic E-state index is 0.0187. The molecule has 0 aliphatic carbocycles. The predicted octanol–water partition coefficient (Wildman–Crippen LogP) is 3.22. The highest BCUT2D eigenvalue weighted by Crippen LogP contribution is 2.31. The van der Waals surface area contributed by atoms with E-state index in [1.807, 2.05) is 76.9 Å². The Balaban J connectivity index is 1.77. The molecule has 0 radical (unpaired) electrons. The van der Waals surface area contributed by atoms with E-state index in [9.17, 15) is 24.3 Å². The second-order valence-corrected chi connectivity index (χ2v) is 16.0. The lowest BCUT2D eigenvalue weighted by Crippen LogP contribution is -2.61. The van der Waals surface area contributed by atoms with Gasteiger partial charge in [0.15, 0.2) is 6.29 Å². The number of nitrogens with zero attached hydrogens (tertiary/aromatic N) is 3. The highest BCUT2D eigenvalue weighted by Gasteiger charge is 2.45. The third-order valence-corrected chi connectivity index (χ3v) is 12.2. The molecule has 2 aliphatic heterocycles. The van der Waals surface area contributed by atoms with E-state index in [0.717, 1.165) is 37.8 Å². The van der Waals surface area contributed by atoms with Crippen LogP contribution in [0.3, 0.4) is 0 Å². The summed E-state index contributed by atoms with van der Waals surface area (Å²) in [5.74, 6) is -1.67. The van der Waals surface area contributed by atoms with Crippen molar-refractivity contribution >= 4 is 23.6 Å². The number of ether oxygens (including phenoxy) is 3. The summed E-state index contributed by atoms with van der Waals surface area (Å²) < 4.78 is 17.2. The van der Waals surface area contributed by atoms with Crippen molar-refractivity contribution in [3.05, 3.63) is 35.9 Å². The molecule has 0 bridgehead atoms. The number of carbonyl (C=O) groups is 4. The lowest BCUT2D eigenvalue weighted by molar-refractivity contribution is -0.148. The number of carbonyl (C=O) groups excluding carboxylic acids is 4. The maximum absolute atomic E-state index is 14.3. The zero-order chi connectivity index (χ0) is 40.3. The average Bonchev–Trinajstić information content (AvgIpc) is 3.79. The minimum atomic E-state index is -1.22. The quantitative estimate of drug-likeness (QED) is 0.171. The fourth-order valence-electron chi connectivity index (χ4n) is 8.29. The fraction of sp³-hybridized carbons (Fsp3) is 0.756. The SMILES string of the molecule is CCC(C)C(C(CC(=O)N1CCCC1C(OC)C(C)C(=O)NC(Cc1ccccc1)C(O)OC)OC)N(C)C(=O)C(NC(=O)C1(C)CCCN1C)C(C)C. The first-order valence-electron chi connectivity index (χ1n) is 19.7. The summed E-state index contributed by atoms with van der Waals surface area (Å²) in [5, 5.41) is 16.6. The molecule has 3 N–H and O–H groups in total. The van der Waals surface area contributed by atoms with Crippen LogP contribution in [-0.2, 0) is 39.8 Å². The van der Waals surface area contributed by atoms with Gasteiger partial charge in [-0.05, 0) is 70.0 Å². The second-order valence-electron chi connectivity index (χ2n) is 16.0. The van der Waals surface area contributed by atoms with Crippen LogP contribution in [0.4, 0.5) is 0 Å². The van der Waals surface area contributed by atoms with Crippen LogP contribution in [0.5, 0.6) is 0 Å². The van der Waals surface area contributed by atoms with Gasteiger partial charge >= 0.3 is 0 Å². The van der Waals surface area contributed by atoms with Crippen molar-refractivity contribution in [2.24, 2.45) is 17.8 Å². The highest BCUT2D eigenvalue weighted by atomic mass is 16.6. The van der Waals surface area contributed by atoms with Crippen molar-refractivity contribution in [2.75, 3.05) is 48.5 Å². The molecule has 1 aromatic rings. The number of benzene rings is 1. The number of aliphatic hydroxyl groups is 1. The summed E-state index contributed by atoms with van der Waals surface area (Å²) in [6.45, 7) is 13.0. The molecule has 13 nitrogen and oxygen atoms in total. The summed E-state index contributed by atoms with van der Waals surface area (Å²) in [4.78, 5) is 61.3. The molecular formula is C41H69N5O8. The summed E-state index contributed by atoms with van der Waals surface area (Å²) in [6.07, 6.45) is 1.74. The second kappa shape index (κ2) is 20.7. The van der Waals surface area contributed by atoms with E-state index in [1.54, 1.807) is 38.0 Å². The number of methoxy groups -OCH3 is 3. The molecule has 10 atom stereocenters. The molecule has 13 heteroatoms. The van der Waals surface area contributed by atoms with Crippen LogP contribution in [0.2, 0.25) is 0 Å². The Kier molecular flexibility index (Phi) is 17.4. The molecule has 0 aromatic heterocycles. The Morgan fingerprint density at radius 2 is 1.65 bits per heavy atom. The molecule has 3 rings (SSSR count). The Hall–Kier alpha value is -3.10. The van der Waals surface area contributed by atoms with Crippen molar-refractivity contribution < 1.29 is 38.5 Å². The van der Waals surface area contributed by atoms with E-state index in [2.05, 4.69) is 10.6 Å². The van der Waals surface area contributed by atoms with E-state index >= 15 is 0 Å². The number of nitrogens with one attached hydrogen (secondary N) is 2. The van der Waals surface area contributed by atoms with Gasteiger partial charge in [-0.25, -0.2) is 0 Å². The normalized spacial score (nSPS) is 23.6. The van der Waals surface area contributed by atoms with Gasteiger partial charge in [-0.2, -0.15) is 0 Å². The molecule has 0 saturated carbocycles. The molecule has 54 heavy (non-hydrogen) atoms. The largest absolute Gasteiger partial charge is 0.379 e. The summed E-state index contributed by atoms with van der Waals surface area (Å²) in [7, 11) is 8.19. The number of hydrogen-bond donors (Lipinski definition) is 3. The first-order chi connectivity index (χ1) is 25.6. The topological polar surface area (TPSA) is 150 Å². The van der Waals surface area contributed by atoms with E-state index in [-0.39, 0.29) is 47.9 Å².